The average Bonchev–Trinajstić information content (AvgIpc) is 3.90. The average molecular weight is 709 g/mol. The number of hydrogen-bond acceptors (Lipinski definition) is 6. The van der Waals surface area contributed by atoms with E-state index in [-0.39, 0.29) is 10.8 Å². The lowest BCUT2D eigenvalue weighted by atomic mass is 9.87. The van der Waals surface area contributed by atoms with E-state index in [1.54, 1.807) is 0 Å². The van der Waals surface area contributed by atoms with Crippen molar-refractivity contribution in [2.24, 2.45) is 0 Å². The number of benzene rings is 6. The highest BCUT2D eigenvalue weighted by Crippen LogP contribution is 2.31. The molecule has 6 aromatic carbocycles. The second kappa shape index (κ2) is 15.3. The lowest BCUT2D eigenvalue weighted by Gasteiger charge is -2.18. The molecule has 268 valence electrons. The minimum Gasteiger partial charge on any atom is -0.416 e. The third-order valence-corrected chi connectivity index (χ3v) is 9.32. The van der Waals surface area contributed by atoms with Gasteiger partial charge in [-0.3, -0.25) is 0 Å². The fourth-order valence-electron chi connectivity index (χ4n) is 6.01. The minimum absolute atomic E-state index is 0.124. The Kier molecular flexibility index (Phi) is 10.2. The van der Waals surface area contributed by atoms with Crippen LogP contribution in [-0.4, -0.2) is 20.4 Å². The van der Waals surface area contributed by atoms with Gasteiger partial charge in [0, 0.05) is 22.3 Å². The maximum absolute atomic E-state index is 5.90. The Morgan fingerprint density at radius 2 is 0.500 bits per heavy atom. The van der Waals surface area contributed by atoms with Gasteiger partial charge in [0.05, 0.1) is 0 Å². The van der Waals surface area contributed by atoms with E-state index in [9.17, 15) is 0 Å². The molecule has 8 aromatic rings. The maximum atomic E-state index is 5.90. The highest BCUT2D eigenvalue weighted by molar-refractivity contribution is 5.69. The monoisotopic (exact) mass is 708 g/mol. The zero-order valence-corrected chi connectivity index (χ0v) is 31.6. The molecule has 0 spiro atoms. The molecule has 0 amide bonds. The Balaban J connectivity index is 0.000000167. The van der Waals surface area contributed by atoms with Crippen LogP contribution in [-0.2, 0) is 10.8 Å². The first-order valence-corrected chi connectivity index (χ1v) is 18.2. The molecule has 0 unspecified atom stereocenters. The van der Waals surface area contributed by atoms with Gasteiger partial charge in [-0.1, -0.05) is 151 Å². The predicted molar refractivity (Wildman–Crippen MR) is 219 cm³/mol. The SMILES string of the molecule is CC(C)(C)c1ccc(-c2nnc(-c3ccc(-c4ccccc4)cc3)o2)cc1.CC(C)(C)c1ccc(-c2nnc(-c3ccc(-c4ccccc4)cc3)o2)cc1. The van der Waals surface area contributed by atoms with Crippen LogP contribution in [0.25, 0.3) is 68.1 Å². The van der Waals surface area contributed by atoms with E-state index in [4.69, 9.17) is 8.83 Å². The Labute approximate surface area is 317 Å². The summed E-state index contributed by atoms with van der Waals surface area (Å²) in [5.74, 6) is 2.14. The van der Waals surface area contributed by atoms with E-state index in [2.05, 4.69) is 135 Å². The summed E-state index contributed by atoms with van der Waals surface area (Å²) in [4.78, 5) is 0. The van der Waals surface area contributed by atoms with E-state index in [0.717, 1.165) is 33.4 Å². The maximum Gasteiger partial charge on any atom is 0.248 e. The number of rotatable bonds is 6. The molecule has 0 fully saturated rings. The fourth-order valence-corrected chi connectivity index (χ4v) is 6.01. The molecule has 0 saturated carbocycles. The third kappa shape index (κ3) is 8.45. The molecule has 2 aromatic heterocycles. The first-order valence-electron chi connectivity index (χ1n) is 18.2. The van der Waals surface area contributed by atoms with Crippen LogP contribution in [0.2, 0.25) is 0 Å². The van der Waals surface area contributed by atoms with E-state index in [1.165, 1.54) is 22.3 Å². The van der Waals surface area contributed by atoms with Crippen LogP contribution < -0.4 is 0 Å². The summed E-state index contributed by atoms with van der Waals surface area (Å²) in [6.45, 7) is 13.2. The topological polar surface area (TPSA) is 77.8 Å². The lowest BCUT2D eigenvalue weighted by Crippen LogP contribution is -2.10. The molecule has 0 bridgehead atoms. The zero-order chi connectivity index (χ0) is 37.7. The van der Waals surface area contributed by atoms with Gasteiger partial charge in [-0.15, -0.1) is 20.4 Å². The molecule has 0 aliphatic carbocycles. The van der Waals surface area contributed by atoms with Gasteiger partial charge in [0.1, 0.15) is 0 Å². The van der Waals surface area contributed by atoms with Gasteiger partial charge in [-0.05, 0) is 92.7 Å². The summed E-state index contributed by atoms with van der Waals surface area (Å²) < 4.78 is 11.8. The molecule has 0 atom stereocenters. The molecule has 2 heterocycles. The minimum atomic E-state index is 0.124. The van der Waals surface area contributed by atoms with Crippen molar-refractivity contribution in [3.63, 3.8) is 0 Å². The summed E-state index contributed by atoms with van der Waals surface area (Å²) in [7, 11) is 0. The van der Waals surface area contributed by atoms with Gasteiger partial charge < -0.3 is 8.83 Å². The quantitative estimate of drug-likeness (QED) is 0.171. The number of hydrogen-bond donors (Lipinski definition) is 0. The van der Waals surface area contributed by atoms with Crippen LogP contribution in [0.3, 0.4) is 0 Å². The summed E-state index contributed by atoms with van der Waals surface area (Å²) in [5.41, 5.74) is 11.2. The van der Waals surface area contributed by atoms with Crippen molar-refractivity contribution in [1.29, 1.82) is 0 Å². The highest BCUT2D eigenvalue weighted by atomic mass is 16.4. The largest absolute Gasteiger partial charge is 0.416 e. The molecule has 6 heteroatoms. The molecule has 0 saturated heterocycles. The standard InChI is InChI=1S/2C24H22N2O/c2*1-24(2,3)21-15-13-20(14-16-21)23-26-25-22(27-23)19-11-9-18(10-12-19)17-7-5-4-6-8-17/h2*4-16H,1-3H3. The normalized spacial score (nSPS) is 11.5. The van der Waals surface area contributed by atoms with Gasteiger partial charge in [0.15, 0.2) is 0 Å². The Hall–Kier alpha value is -6.40. The van der Waals surface area contributed by atoms with Gasteiger partial charge in [0.2, 0.25) is 23.6 Å². The van der Waals surface area contributed by atoms with E-state index < -0.39 is 0 Å². The van der Waals surface area contributed by atoms with Crippen LogP contribution in [0.15, 0.2) is 167 Å². The van der Waals surface area contributed by atoms with E-state index in [1.807, 2.05) is 84.9 Å². The van der Waals surface area contributed by atoms with E-state index in [0.29, 0.717) is 23.6 Å². The fraction of sp³-hybridized carbons (Fsp3) is 0.167. The molecule has 54 heavy (non-hydrogen) atoms. The molecule has 6 nitrogen and oxygen atoms in total. The second-order valence-corrected chi connectivity index (χ2v) is 15.4. The molecular weight excluding hydrogens is 665 g/mol. The predicted octanol–water partition coefficient (Wildman–Crippen LogP) is 12.7. The molecule has 0 aliphatic rings. The van der Waals surface area contributed by atoms with Crippen LogP contribution in [0.5, 0.6) is 0 Å². The van der Waals surface area contributed by atoms with Crippen LogP contribution in [0.4, 0.5) is 0 Å². The molecule has 0 aliphatic heterocycles. The lowest BCUT2D eigenvalue weighted by molar-refractivity contribution is 0.582. The van der Waals surface area contributed by atoms with Crippen molar-refractivity contribution >= 4 is 0 Å². The summed E-state index contributed by atoms with van der Waals surface area (Å²) in [6, 6.07) is 53.6. The summed E-state index contributed by atoms with van der Waals surface area (Å²) >= 11 is 0. The van der Waals surface area contributed by atoms with Crippen molar-refractivity contribution in [3.8, 4) is 68.1 Å². The highest BCUT2D eigenvalue weighted by Gasteiger charge is 2.17. The van der Waals surface area contributed by atoms with Crippen molar-refractivity contribution in [1.82, 2.24) is 20.4 Å². The smallest absolute Gasteiger partial charge is 0.248 e. The van der Waals surface area contributed by atoms with Crippen molar-refractivity contribution < 1.29 is 8.83 Å². The first-order chi connectivity index (χ1) is 26.0. The zero-order valence-electron chi connectivity index (χ0n) is 31.6. The molecule has 0 radical (unpaired) electrons. The Bertz CT molecular complexity index is 2220. The van der Waals surface area contributed by atoms with Crippen molar-refractivity contribution in [2.75, 3.05) is 0 Å². The molecule has 0 N–H and O–H groups in total. The first kappa shape index (κ1) is 36.0. The van der Waals surface area contributed by atoms with Gasteiger partial charge in [0.25, 0.3) is 0 Å². The molecule has 8 rings (SSSR count). The third-order valence-electron chi connectivity index (χ3n) is 9.32. The summed E-state index contributed by atoms with van der Waals surface area (Å²) in [5, 5.41) is 16.9. The molecular formula is C48H44N4O2. The van der Waals surface area contributed by atoms with Gasteiger partial charge in [-0.25, -0.2) is 0 Å². The Morgan fingerprint density at radius 1 is 0.278 bits per heavy atom. The van der Waals surface area contributed by atoms with Gasteiger partial charge in [-0.2, -0.15) is 0 Å². The van der Waals surface area contributed by atoms with Crippen LogP contribution in [0.1, 0.15) is 52.7 Å². The van der Waals surface area contributed by atoms with Crippen molar-refractivity contribution in [3.05, 3.63) is 169 Å². The Morgan fingerprint density at radius 3 is 0.759 bits per heavy atom. The second-order valence-electron chi connectivity index (χ2n) is 15.4. The number of nitrogens with zero attached hydrogens (tertiary/aromatic N) is 4. The van der Waals surface area contributed by atoms with Crippen LogP contribution >= 0.6 is 0 Å². The van der Waals surface area contributed by atoms with Crippen molar-refractivity contribution in [2.45, 2.75) is 52.4 Å². The van der Waals surface area contributed by atoms with E-state index >= 15 is 0 Å². The van der Waals surface area contributed by atoms with Crippen LogP contribution in [0, 0.1) is 0 Å². The number of aromatic nitrogens is 4. The summed E-state index contributed by atoms with van der Waals surface area (Å²) in [6.07, 6.45) is 0. The van der Waals surface area contributed by atoms with Gasteiger partial charge >= 0.3 is 0 Å².